The Hall–Kier alpha value is -3.02. The molecule has 0 bridgehead atoms. The number of anilines is 1. The monoisotopic (exact) mass is 383 g/mol. The van der Waals surface area contributed by atoms with E-state index in [1.54, 1.807) is 36.4 Å². The van der Waals surface area contributed by atoms with E-state index in [1.165, 1.54) is 19.1 Å². The van der Waals surface area contributed by atoms with Crippen LogP contribution in [0.5, 0.6) is 0 Å². The van der Waals surface area contributed by atoms with Gasteiger partial charge in [-0.25, -0.2) is 4.39 Å². The van der Waals surface area contributed by atoms with E-state index in [9.17, 15) is 18.8 Å². The summed E-state index contributed by atoms with van der Waals surface area (Å²) < 4.78 is 18.6. The minimum absolute atomic E-state index is 0.106. The van der Waals surface area contributed by atoms with E-state index in [-0.39, 0.29) is 11.6 Å². The quantitative estimate of drug-likeness (QED) is 0.604. The van der Waals surface area contributed by atoms with Crippen LogP contribution in [0.1, 0.15) is 48.5 Å². The van der Waals surface area contributed by atoms with Crippen molar-refractivity contribution >= 4 is 23.3 Å². The summed E-state index contributed by atoms with van der Waals surface area (Å²) >= 11 is 0. The molecule has 3 rings (SSSR count). The molecule has 1 amide bonds. The maximum atomic E-state index is 13.2. The minimum Gasteiger partial charge on any atom is -0.455 e. The van der Waals surface area contributed by atoms with Crippen LogP contribution >= 0.6 is 0 Å². The van der Waals surface area contributed by atoms with Crippen LogP contribution in [0.2, 0.25) is 0 Å². The first-order valence-electron chi connectivity index (χ1n) is 9.25. The van der Waals surface area contributed by atoms with Crippen molar-refractivity contribution in [2.75, 3.05) is 11.9 Å². The number of hydrogen-bond donors (Lipinski definition) is 1. The highest BCUT2D eigenvalue weighted by atomic mass is 19.1. The molecule has 5 nitrogen and oxygen atoms in total. The van der Waals surface area contributed by atoms with Crippen LogP contribution in [0.3, 0.4) is 0 Å². The van der Waals surface area contributed by atoms with E-state index >= 15 is 0 Å². The lowest BCUT2D eigenvalue weighted by atomic mass is 9.79. The number of ketones is 1. The molecule has 0 aromatic heterocycles. The molecule has 146 valence electrons. The Bertz CT molecular complexity index is 886. The first kappa shape index (κ1) is 19.7. The molecule has 2 aromatic rings. The lowest BCUT2D eigenvalue weighted by Crippen LogP contribution is -2.36. The molecule has 0 radical (unpaired) electrons. The van der Waals surface area contributed by atoms with Gasteiger partial charge >= 0.3 is 5.97 Å². The molecule has 0 atom stereocenters. The summed E-state index contributed by atoms with van der Waals surface area (Å²) in [6.45, 7) is 1.02. The summed E-state index contributed by atoms with van der Waals surface area (Å²) in [5.41, 5.74) is 0.826. The van der Waals surface area contributed by atoms with E-state index in [0.29, 0.717) is 29.7 Å². The summed E-state index contributed by atoms with van der Waals surface area (Å²) in [6.07, 6.45) is 2.96. The lowest BCUT2D eigenvalue weighted by Gasteiger charge is -2.27. The van der Waals surface area contributed by atoms with Crippen molar-refractivity contribution in [3.8, 4) is 0 Å². The molecule has 0 heterocycles. The van der Waals surface area contributed by atoms with Gasteiger partial charge in [0.25, 0.3) is 5.91 Å². The van der Waals surface area contributed by atoms with Crippen LogP contribution in [-0.2, 0) is 19.7 Å². The molecule has 1 N–H and O–H groups in total. The topological polar surface area (TPSA) is 72.5 Å². The molecule has 2 aromatic carbocycles. The van der Waals surface area contributed by atoms with Crippen LogP contribution in [-0.4, -0.2) is 24.3 Å². The highest BCUT2D eigenvalue weighted by Crippen LogP contribution is 2.42. The summed E-state index contributed by atoms with van der Waals surface area (Å²) in [5, 5.41) is 2.62. The van der Waals surface area contributed by atoms with Crippen molar-refractivity contribution in [2.24, 2.45) is 0 Å². The highest BCUT2D eigenvalue weighted by molar-refractivity contribution is 5.98. The molecule has 1 aliphatic carbocycles. The highest BCUT2D eigenvalue weighted by Gasteiger charge is 2.44. The van der Waals surface area contributed by atoms with E-state index in [4.69, 9.17) is 4.74 Å². The van der Waals surface area contributed by atoms with E-state index < -0.39 is 23.9 Å². The average Bonchev–Trinajstić information content (AvgIpc) is 3.18. The number of Topliss-reactive ketones (excluding diaryl/α,β-unsaturated/α-hetero) is 1. The molecule has 6 heteroatoms. The van der Waals surface area contributed by atoms with Gasteiger partial charge in [-0.3, -0.25) is 14.4 Å². The predicted octanol–water partition coefficient (Wildman–Crippen LogP) is 4.02. The van der Waals surface area contributed by atoms with E-state index in [1.807, 2.05) is 0 Å². The molecule has 28 heavy (non-hydrogen) atoms. The van der Waals surface area contributed by atoms with Gasteiger partial charge in [0.05, 0.1) is 5.41 Å². The van der Waals surface area contributed by atoms with Gasteiger partial charge in [-0.15, -0.1) is 0 Å². The SMILES string of the molecule is CC(=O)c1cccc(NC(=O)COC(=O)C2(c3ccc(F)cc3)CCCC2)c1. The number of halogens is 1. The van der Waals surface area contributed by atoms with Crippen LogP contribution in [0.25, 0.3) is 0 Å². The second kappa shape index (κ2) is 8.33. The first-order chi connectivity index (χ1) is 13.4. The summed E-state index contributed by atoms with van der Waals surface area (Å²) in [6, 6.07) is 12.4. The predicted molar refractivity (Wildman–Crippen MR) is 103 cm³/mol. The number of hydrogen-bond acceptors (Lipinski definition) is 4. The normalized spacial score (nSPS) is 15.1. The maximum absolute atomic E-state index is 13.2. The molecule has 0 unspecified atom stereocenters. The Balaban J connectivity index is 1.65. The van der Waals surface area contributed by atoms with E-state index in [0.717, 1.165) is 12.8 Å². The van der Waals surface area contributed by atoms with Gasteiger partial charge in [-0.05, 0) is 49.6 Å². The smallest absolute Gasteiger partial charge is 0.317 e. The second-order valence-electron chi connectivity index (χ2n) is 7.06. The fraction of sp³-hybridized carbons (Fsp3) is 0.318. The number of ether oxygens (including phenoxy) is 1. The Kier molecular flexibility index (Phi) is 5.87. The van der Waals surface area contributed by atoms with Crippen molar-refractivity contribution in [1.29, 1.82) is 0 Å². The van der Waals surface area contributed by atoms with Gasteiger partial charge in [0, 0.05) is 11.3 Å². The maximum Gasteiger partial charge on any atom is 0.317 e. The Morgan fingerprint density at radius 1 is 1.07 bits per heavy atom. The molecule has 0 saturated heterocycles. The molecule has 1 saturated carbocycles. The molecule has 0 aliphatic heterocycles. The summed E-state index contributed by atoms with van der Waals surface area (Å²) in [7, 11) is 0. The molecule has 1 fully saturated rings. The number of carbonyl (C=O) groups is 3. The lowest BCUT2D eigenvalue weighted by molar-refractivity contribution is -0.153. The third-order valence-corrected chi connectivity index (χ3v) is 5.13. The van der Waals surface area contributed by atoms with Gasteiger partial charge in [0.1, 0.15) is 5.82 Å². The van der Waals surface area contributed by atoms with Crippen molar-refractivity contribution < 1.29 is 23.5 Å². The molecular weight excluding hydrogens is 361 g/mol. The number of esters is 1. The fourth-order valence-corrected chi connectivity index (χ4v) is 3.64. The van der Waals surface area contributed by atoms with Crippen molar-refractivity contribution in [1.82, 2.24) is 0 Å². The number of benzene rings is 2. The van der Waals surface area contributed by atoms with Gasteiger partial charge < -0.3 is 10.1 Å². The molecule has 1 aliphatic rings. The average molecular weight is 383 g/mol. The van der Waals surface area contributed by atoms with Gasteiger partial charge in [0.2, 0.25) is 0 Å². The number of rotatable bonds is 6. The van der Waals surface area contributed by atoms with Crippen molar-refractivity contribution in [3.63, 3.8) is 0 Å². The van der Waals surface area contributed by atoms with Gasteiger partial charge in [-0.1, -0.05) is 37.1 Å². The van der Waals surface area contributed by atoms with Crippen LogP contribution in [0, 0.1) is 5.82 Å². The van der Waals surface area contributed by atoms with Crippen LogP contribution in [0.4, 0.5) is 10.1 Å². The zero-order chi connectivity index (χ0) is 20.1. The fourth-order valence-electron chi connectivity index (χ4n) is 3.64. The molecule has 0 spiro atoms. The second-order valence-corrected chi connectivity index (χ2v) is 7.06. The number of nitrogens with one attached hydrogen (secondary N) is 1. The first-order valence-corrected chi connectivity index (χ1v) is 9.25. The standard InChI is InChI=1S/C22H22FNO4/c1-15(25)16-5-4-6-19(13-16)24-20(26)14-28-21(27)22(11-2-3-12-22)17-7-9-18(23)10-8-17/h4-10,13H,2-3,11-12,14H2,1H3,(H,24,26). The minimum atomic E-state index is -0.831. The van der Waals surface area contributed by atoms with Crippen molar-refractivity contribution in [3.05, 3.63) is 65.5 Å². The van der Waals surface area contributed by atoms with Gasteiger partial charge in [0.15, 0.2) is 12.4 Å². The summed E-state index contributed by atoms with van der Waals surface area (Å²) in [5.74, 6) is -1.42. The zero-order valence-electron chi connectivity index (χ0n) is 15.7. The number of carbonyl (C=O) groups excluding carboxylic acids is 3. The van der Waals surface area contributed by atoms with Crippen molar-refractivity contribution in [2.45, 2.75) is 38.0 Å². The van der Waals surface area contributed by atoms with Crippen LogP contribution < -0.4 is 5.32 Å². The van der Waals surface area contributed by atoms with Crippen LogP contribution in [0.15, 0.2) is 48.5 Å². The largest absolute Gasteiger partial charge is 0.455 e. The van der Waals surface area contributed by atoms with E-state index in [2.05, 4.69) is 5.32 Å². The number of amides is 1. The molecular formula is C22H22FNO4. The Morgan fingerprint density at radius 3 is 2.39 bits per heavy atom. The Morgan fingerprint density at radius 2 is 1.75 bits per heavy atom. The van der Waals surface area contributed by atoms with Gasteiger partial charge in [-0.2, -0.15) is 0 Å². The third-order valence-electron chi connectivity index (χ3n) is 5.13. The summed E-state index contributed by atoms with van der Waals surface area (Å²) in [4.78, 5) is 36.4. The zero-order valence-corrected chi connectivity index (χ0v) is 15.7. The Labute approximate surface area is 162 Å². The third kappa shape index (κ3) is 4.27.